The molecule has 2 aromatic rings. The van der Waals surface area contributed by atoms with Gasteiger partial charge in [0.15, 0.2) is 0 Å². The molecule has 25 heavy (non-hydrogen) atoms. The van der Waals surface area contributed by atoms with Gasteiger partial charge in [0.05, 0.1) is 24.7 Å². The highest BCUT2D eigenvalue weighted by molar-refractivity contribution is 5.79. The van der Waals surface area contributed by atoms with Crippen molar-refractivity contribution in [2.75, 3.05) is 0 Å². The van der Waals surface area contributed by atoms with Crippen LogP contribution in [0.25, 0.3) is 0 Å². The van der Waals surface area contributed by atoms with Crippen LogP contribution in [-0.2, 0) is 27.5 Å². The number of nitrogens with one attached hydrogen (secondary N) is 1. The van der Waals surface area contributed by atoms with Gasteiger partial charge in [0.1, 0.15) is 6.61 Å². The molecular formula is C19H20NO5-. The molecule has 0 aromatic heterocycles. The number of alkyl carbamates (subject to hydrolysis) is 1. The molecule has 1 amide bonds. The van der Waals surface area contributed by atoms with Gasteiger partial charge in [-0.2, -0.15) is 0 Å². The first kappa shape index (κ1) is 18.5. The summed E-state index contributed by atoms with van der Waals surface area (Å²) < 4.78 is 10.5. The fourth-order valence-electron chi connectivity index (χ4n) is 2.16. The van der Waals surface area contributed by atoms with E-state index in [2.05, 4.69) is 5.32 Å². The number of rotatable bonds is 8. The molecule has 0 aliphatic carbocycles. The van der Waals surface area contributed by atoms with Crippen LogP contribution in [0.4, 0.5) is 4.79 Å². The van der Waals surface area contributed by atoms with E-state index in [1.54, 1.807) is 19.1 Å². The lowest BCUT2D eigenvalue weighted by Gasteiger charge is -2.25. The Hall–Kier alpha value is -2.86. The van der Waals surface area contributed by atoms with Crippen molar-refractivity contribution in [3.8, 4) is 0 Å². The number of ether oxygens (including phenoxy) is 2. The lowest BCUT2D eigenvalue weighted by molar-refractivity contribution is -0.310. The molecule has 0 heterocycles. The summed E-state index contributed by atoms with van der Waals surface area (Å²) in [5, 5.41) is 13.6. The third-order valence-corrected chi connectivity index (χ3v) is 3.57. The minimum Gasteiger partial charge on any atom is -0.548 e. The third-order valence-electron chi connectivity index (χ3n) is 3.57. The lowest BCUT2D eigenvalue weighted by atomic mass is 10.2. The van der Waals surface area contributed by atoms with E-state index in [9.17, 15) is 14.7 Å². The van der Waals surface area contributed by atoms with Gasteiger partial charge in [-0.3, -0.25) is 0 Å². The van der Waals surface area contributed by atoms with Crippen LogP contribution in [0.2, 0.25) is 0 Å². The van der Waals surface area contributed by atoms with Gasteiger partial charge < -0.3 is 24.7 Å². The number of carbonyl (C=O) groups is 2. The largest absolute Gasteiger partial charge is 0.548 e. The minimum absolute atomic E-state index is 0.0473. The van der Waals surface area contributed by atoms with Crippen molar-refractivity contribution in [1.29, 1.82) is 0 Å². The average Bonchev–Trinajstić information content (AvgIpc) is 2.64. The second kappa shape index (κ2) is 9.44. The van der Waals surface area contributed by atoms with Crippen molar-refractivity contribution in [3.63, 3.8) is 0 Å². The minimum atomic E-state index is -1.43. The Bertz CT molecular complexity index is 675. The van der Waals surface area contributed by atoms with Crippen LogP contribution in [0.3, 0.4) is 0 Å². The van der Waals surface area contributed by atoms with Gasteiger partial charge in [-0.1, -0.05) is 60.7 Å². The Labute approximate surface area is 146 Å². The zero-order valence-electron chi connectivity index (χ0n) is 13.9. The molecule has 0 aliphatic rings. The second-order valence-electron chi connectivity index (χ2n) is 5.50. The van der Waals surface area contributed by atoms with Crippen molar-refractivity contribution in [3.05, 3.63) is 71.8 Å². The highest BCUT2D eigenvalue weighted by Crippen LogP contribution is 2.07. The molecule has 0 saturated carbocycles. The normalized spacial score (nSPS) is 12.8. The maximum absolute atomic E-state index is 11.8. The van der Waals surface area contributed by atoms with Crippen LogP contribution in [-0.4, -0.2) is 24.2 Å². The third kappa shape index (κ3) is 6.27. The molecule has 0 unspecified atom stereocenters. The first-order valence-electron chi connectivity index (χ1n) is 7.90. The smallest absolute Gasteiger partial charge is 0.408 e. The van der Waals surface area contributed by atoms with E-state index in [-0.39, 0.29) is 13.2 Å². The van der Waals surface area contributed by atoms with E-state index in [4.69, 9.17) is 9.47 Å². The maximum atomic E-state index is 11.8. The Morgan fingerprint density at radius 2 is 1.48 bits per heavy atom. The van der Waals surface area contributed by atoms with Crippen LogP contribution in [0.1, 0.15) is 18.1 Å². The number of amides is 1. The number of carbonyl (C=O) groups excluding carboxylic acids is 2. The fourth-order valence-corrected chi connectivity index (χ4v) is 2.16. The molecule has 0 radical (unpaired) electrons. The lowest BCUT2D eigenvalue weighted by Crippen LogP contribution is -2.54. The summed E-state index contributed by atoms with van der Waals surface area (Å²) in [5.74, 6) is -1.43. The molecule has 0 fully saturated rings. The Kier molecular flexibility index (Phi) is 6.98. The summed E-state index contributed by atoms with van der Waals surface area (Å²) in [7, 11) is 0. The monoisotopic (exact) mass is 342 g/mol. The zero-order chi connectivity index (χ0) is 18.1. The van der Waals surface area contributed by atoms with Gasteiger partial charge in [0.2, 0.25) is 0 Å². The summed E-state index contributed by atoms with van der Waals surface area (Å²) in [6.45, 7) is 1.83. The molecule has 2 rings (SSSR count). The standard InChI is InChI=1S/C19H21NO5/c1-14(24-12-15-8-4-2-5-9-15)17(18(21)22)20-19(23)25-13-16-10-6-3-7-11-16/h2-11,14,17H,12-13H2,1H3,(H,20,23)(H,21,22)/p-1/t14-,17+/m1/s1. The number of hydrogen-bond donors (Lipinski definition) is 1. The Morgan fingerprint density at radius 3 is 2.00 bits per heavy atom. The number of hydrogen-bond acceptors (Lipinski definition) is 5. The van der Waals surface area contributed by atoms with Crippen LogP contribution in [0.5, 0.6) is 0 Å². The predicted molar refractivity (Wildman–Crippen MR) is 89.3 cm³/mol. The first-order valence-corrected chi connectivity index (χ1v) is 7.90. The molecular weight excluding hydrogens is 322 g/mol. The highest BCUT2D eigenvalue weighted by atomic mass is 16.5. The van der Waals surface area contributed by atoms with Crippen LogP contribution >= 0.6 is 0 Å². The van der Waals surface area contributed by atoms with Crippen LogP contribution in [0.15, 0.2) is 60.7 Å². The van der Waals surface area contributed by atoms with Crippen molar-refractivity contribution < 1.29 is 24.2 Å². The molecule has 6 nitrogen and oxygen atoms in total. The van der Waals surface area contributed by atoms with Gasteiger partial charge in [-0.15, -0.1) is 0 Å². The number of carboxylic acids is 1. The highest BCUT2D eigenvalue weighted by Gasteiger charge is 2.22. The summed E-state index contributed by atoms with van der Waals surface area (Å²) in [5.41, 5.74) is 1.70. The molecule has 0 aliphatic heterocycles. The summed E-state index contributed by atoms with van der Waals surface area (Å²) in [6, 6.07) is 17.1. The average molecular weight is 342 g/mol. The fraction of sp³-hybridized carbons (Fsp3) is 0.263. The SMILES string of the molecule is C[C@@H](OCc1ccccc1)[C@H](NC(=O)OCc1ccccc1)C(=O)[O-]. The van der Waals surface area contributed by atoms with Crippen molar-refractivity contribution in [2.45, 2.75) is 32.3 Å². The molecule has 6 heteroatoms. The van der Waals surface area contributed by atoms with Crippen molar-refractivity contribution in [2.24, 2.45) is 0 Å². The quantitative estimate of drug-likeness (QED) is 0.788. The molecule has 0 bridgehead atoms. The second-order valence-corrected chi connectivity index (χ2v) is 5.50. The molecule has 0 saturated heterocycles. The van der Waals surface area contributed by atoms with Crippen LogP contribution < -0.4 is 10.4 Å². The Morgan fingerprint density at radius 1 is 0.960 bits per heavy atom. The van der Waals surface area contributed by atoms with E-state index < -0.39 is 24.2 Å². The maximum Gasteiger partial charge on any atom is 0.408 e. The predicted octanol–water partition coefficient (Wildman–Crippen LogP) is 1.64. The zero-order valence-corrected chi connectivity index (χ0v) is 13.9. The van der Waals surface area contributed by atoms with Gasteiger partial charge in [-0.25, -0.2) is 4.79 Å². The molecule has 132 valence electrons. The van der Waals surface area contributed by atoms with Gasteiger partial charge >= 0.3 is 6.09 Å². The van der Waals surface area contributed by atoms with E-state index in [0.717, 1.165) is 11.1 Å². The summed E-state index contributed by atoms with van der Waals surface area (Å²) in [6.07, 6.45) is -1.62. The van der Waals surface area contributed by atoms with E-state index >= 15 is 0 Å². The number of aliphatic carboxylic acids is 1. The van der Waals surface area contributed by atoms with Crippen LogP contribution in [0, 0.1) is 0 Å². The van der Waals surface area contributed by atoms with Crippen molar-refractivity contribution >= 4 is 12.1 Å². The topological polar surface area (TPSA) is 87.7 Å². The number of benzene rings is 2. The molecule has 2 aromatic carbocycles. The van der Waals surface area contributed by atoms with E-state index in [0.29, 0.717) is 0 Å². The van der Waals surface area contributed by atoms with E-state index in [1.807, 2.05) is 48.5 Å². The Balaban J connectivity index is 1.84. The van der Waals surface area contributed by atoms with Gasteiger partial charge in [-0.05, 0) is 18.1 Å². The van der Waals surface area contributed by atoms with Gasteiger partial charge in [0, 0.05) is 0 Å². The van der Waals surface area contributed by atoms with Crippen molar-refractivity contribution in [1.82, 2.24) is 5.32 Å². The first-order chi connectivity index (χ1) is 12.1. The summed E-state index contributed by atoms with van der Waals surface area (Å²) >= 11 is 0. The molecule has 0 spiro atoms. The van der Waals surface area contributed by atoms with E-state index in [1.165, 1.54) is 0 Å². The number of carboxylic acid groups (broad SMARTS) is 1. The molecule has 2 atom stereocenters. The van der Waals surface area contributed by atoms with Gasteiger partial charge in [0.25, 0.3) is 0 Å². The summed E-state index contributed by atoms with van der Waals surface area (Å²) in [4.78, 5) is 23.1. The molecule has 1 N–H and O–H groups in total.